The SMILES string of the molecule is CC(C)NCC1CCN(S(=O)(=O)N(C)CCN(C)C)CC1. The maximum absolute atomic E-state index is 12.5. The Kier molecular flexibility index (Phi) is 7.56. The highest BCUT2D eigenvalue weighted by Crippen LogP contribution is 2.20. The highest BCUT2D eigenvalue weighted by atomic mass is 32.2. The summed E-state index contributed by atoms with van der Waals surface area (Å²) in [6.45, 7) is 7.81. The van der Waals surface area contributed by atoms with Crippen LogP contribution in [0.1, 0.15) is 26.7 Å². The first-order chi connectivity index (χ1) is 9.73. The van der Waals surface area contributed by atoms with Crippen molar-refractivity contribution in [3.05, 3.63) is 0 Å². The molecule has 7 heteroatoms. The fourth-order valence-electron chi connectivity index (χ4n) is 2.40. The smallest absolute Gasteiger partial charge is 0.281 e. The molecule has 0 aliphatic carbocycles. The number of hydrogen-bond acceptors (Lipinski definition) is 4. The van der Waals surface area contributed by atoms with Crippen molar-refractivity contribution in [2.24, 2.45) is 5.92 Å². The van der Waals surface area contributed by atoms with Crippen LogP contribution in [0.5, 0.6) is 0 Å². The summed E-state index contributed by atoms with van der Waals surface area (Å²) in [5.74, 6) is 0.589. The van der Waals surface area contributed by atoms with Gasteiger partial charge >= 0.3 is 0 Å². The van der Waals surface area contributed by atoms with Gasteiger partial charge in [0.05, 0.1) is 0 Å². The van der Waals surface area contributed by atoms with Crippen molar-refractivity contribution in [2.75, 3.05) is 53.9 Å². The van der Waals surface area contributed by atoms with Gasteiger partial charge in [-0.05, 0) is 39.4 Å². The van der Waals surface area contributed by atoms with Crippen molar-refractivity contribution in [2.45, 2.75) is 32.7 Å². The van der Waals surface area contributed by atoms with Crippen LogP contribution in [0, 0.1) is 5.92 Å². The summed E-state index contributed by atoms with van der Waals surface area (Å²) in [5, 5.41) is 3.44. The van der Waals surface area contributed by atoms with E-state index in [1.54, 1.807) is 11.4 Å². The molecule has 0 unspecified atom stereocenters. The van der Waals surface area contributed by atoms with Crippen molar-refractivity contribution in [1.82, 2.24) is 18.8 Å². The van der Waals surface area contributed by atoms with Crippen LogP contribution in [0.25, 0.3) is 0 Å². The van der Waals surface area contributed by atoms with Crippen LogP contribution in [-0.4, -0.2) is 81.8 Å². The van der Waals surface area contributed by atoms with E-state index < -0.39 is 10.2 Å². The molecule has 1 aliphatic heterocycles. The average Bonchev–Trinajstić information content (AvgIpc) is 2.42. The number of piperidine rings is 1. The Morgan fingerprint density at radius 2 is 1.71 bits per heavy atom. The van der Waals surface area contributed by atoms with Gasteiger partial charge in [-0.25, -0.2) is 0 Å². The quantitative estimate of drug-likeness (QED) is 0.705. The van der Waals surface area contributed by atoms with Crippen molar-refractivity contribution in [3.63, 3.8) is 0 Å². The molecule has 1 heterocycles. The topological polar surface area (TPSA) is 55.9 Å². The average molecular weight is 321 g/mol. The van der Waals surface area contributed by atoms with Gasteiger partial charge in [-0.2, -0.15) is 17.0 Å². The van der Waals surface area contributed by atoms with E-state index >= 15 is 0 Å². The van der Waals surface area contributed by atoms with Crippen molar-refractivity contribution >= 4 is 10.2 Å². The molecule has 21 heavy (non-hydrogen) atoms. The second-order valence-electron chi connectivity index (χ2n) is 6.54. The van der Waals surface area contributed by atoms with Gasteiger partial charge in [0.15, 0.2) is 0 Å². The first kappa shape index (κ1) is 18.8. The minimum absolute atomic E-state index is 0.490. The second-order valence-corrected chi connectivity index (χ2v) is 8.57. The number of nitrogens with one attached hydrogen (secondary N) is 1. The summed E-state index contributed by atoms with van der Waals surface area (Å²) in [6, 6.07) is 0.490. The van der Waals surface area contributed by atoms with Crippen LogP contribution in [0.2, 0.25) is 0 Å². The summed E-state index contributed by atoms with van der Waals surface area (Å²) in [6.07, 6.45) is 1.89. The molecule has 0 bridgehead atoms. The van der Waals surface area contributed by atoms with Crippen LogP contribution in [0.4, 0.5) is 0 Å². The third-order valence-corrected chi connectivity index (χ3v) is 5.96. The van der Waals surface area contributed by atoms with Gasteiger partial charge < -0.3 is 10.2 Å². The van der Waals surface area contributed by atoms with E-state index in [0.717, 1.165) is 25.9 Å². The zero-order chi connectivity index (χ0) is 16.0. The van der Waals surface area contributed by atoms with E-state index in [4.69, 9.17) is 0 Å². The zero-order valence-corrected chi connectivity index (χ0v) is 15.0. The third kappa shape index (κ3) is 6.20. The summed E-state index contributed by atoms with van der Waals surface area (Å²) >= 11 is 0. The fourth-order valence-corrected chi connectivity index (χ4v) is 3.78. The molecular formula is C14H32N4O2S. The molecule has 1 saturated heterocycles. The monoisotopic (exact) mass is 320 g/mol. The third-order valence-electron chi connectivity index (χ3n) is 3.97. The molecule has 0 radical (unpaired) electrons. The molecule has 0 atom stereocenters. The molecule has 6 nitrogen and oxygen atoms in total. The highest BCUT2D eigenvalue weighted by Gasteiger charge is 2.30. The largest absolute Gasteiger partial charge is 0.314 e. The van der Waals surface area contributed by atoms with Crippen molar-refractivity contribution < 1.29 is 8.42 Å². The molecule has 1 aliphatic rings. The molecule has 0 aromatic rings. The minimum Gasteiger partial charge on any atom is -0.314 e. The summed E-state index contributed by atoms with van der Waals surface area (Å²) in [5.41, 5.74) is 0. The Bertz CT molecular complexity index is 390. The van der Waals surface area contributed by atoms with E-state index in [2.05, 4.69) is 19.2 Å². The normalized spacial score (nSPS) is 19.0. The van der Waals surface area contributed by atoms with Crippen LogP contribution in [0.15, 0.2) is 0 Å². The second kappa shape index (κ2) is 8.43. The lowest BCUT2D eigenvalue weighted by molar-refractivity contribution is 0.248. The van der Waals surface area contributed by atoms with E-state index in [9.17, 15) is 8.42 Å². The Labute approximate surface area is 130 Å². The Hall–Kier alpha value is -0.210. The predicted octanol–water partition coefficient (Wildman–Crippen LogP) is 0.435. The van der Waals surface area contributed by atoms with E-state index in [0.29, 0.717) is 31.6 Å². The van der Waals surface area contributed by atoms with Crippen LogP contribution in [0.3, 0.4) is 0 Å². The molecule has 1 N–H and O–H groups in total. The Morgan fingerprint density at radius 1 is 1.14 bits per heavy atom. The van der Waals surface area contributed by atoms with Crippen LogP contribution < -0.4 is 5.32 Å². The van der Waals surface area contributed by atoms with Gasteiger partial charge in [0.25, 0.3) is 10.2 Å². The fraction of sp³-hybridized carbons (Fsp3) is 1.00. The number of rotatable bonds is 8. The minimum atomic E-state index is -3.29. The van der Waals surface area contributed by atoms with E-state index in [1.165, 1.54) is 4.31 Å². The molecule has 1 fully saturated rings. The molecule has 0 amide bonds. The van der Waals surface area contributed by atoms with Crippen molar-refractivity contribution in [3.8, 4) is 0 Å². The zero-order valence-electron chi connectivity index (χ0n) is 14.2. The number of likely N-dealkylation sites (N-methyl/N-ethyl adjacent to an activating group) is 2. The summed E-state index contributed by atoms with van der Waals surface area (Å²) < 4.78 is 28.1. The number of nitrogens with zero attached hydrogens (tertiary/aromatic N) is 3. The summed E-state index contributed by atoms with van der Waals surface area (Å²) in [4.78, 5) is 2.00. The highest BCUT2D eigenvalue weighted by molar-refractivity contribution is 7.86. The summed E-state index contributed by atoms with van der Waals surface area (Å²) in [7, 11) is 2.28. The van der Waals surface area contributed by atoms with Gasteiger partial charge in [-0.15, -0.1) is 0 Å². The van der Waals surface area contributed by atoms with E-state index in [-0.39, 0.29) is 0 Å². The number of hydrogen-bond donors (Lipinski definition) is 1. The van der Waals surface area contributed by atoms with Crippen molar-refractivity contribution in [1.29, 1.82) is 0 Å². The van der Waals surface area contributed by atoms with Crippen LogP contribution >= 0.6 is 0 Å². The lowest BCUT2D eigenvalue weighted by atomic mass is 9.98. The van der Waals surface area contributed by atoms with Gasteiger partial charge in [0, 0.05) is 39.3 Å². The maximum Gasteiger partial charge on any atom is 0.281 e. The van der Waals surface area contributed by atoms with Gasteiger partial charge in [0.1, 0.15) is 0 Å². The molecule has 1 rings (SSSR count). The molecule has 0 saturated carbocycles. The Morgan fingerprint density at radius 3 is 2.19 bits per heavy atom. The van der Waals surface area contributed by atoms with Gasteiger partial charge in [-0.1, -0.05) is 13.8 Å². The maximum atomic E-state index is 12.5. The van der Waals surface area contributed by atoms with E-state index in [1.807, 2.05) is 19.0 Å². The molecule has 0 aromatic carbocycles. The molecule has 126 valence electrons. The van der Waals surface area contributed by atoms with Gasteiger partial charge in [0.2, 0.25) is 0 Å². The van der Waals surface area contributed by atoms with Crippen LogP contribution in [-0.2, 0) is 10.2 Å². The van der Waals surface area contributed by atoms with Gasteiger partial charge in [-0.3, -0.25) is 0 Å². The lowest BCUT2D eigenvalue weighted by Gasteiger charge is -2.34. The Balaban J connectivity index is 2.44. The first-order valence-corrected chi connectivity index (χ1v) is 9.22. The molecule has 0 spiro atoms. The first-order valence-electron chi connectivity index (χ1n) is 7.83. The predicted molar refractivity (Wildman–Crippen MR) is 87.5 cm³/mol. The molecule has 0 aromatic heterocycles. The molecular weight excluding hydrogens is 288 g/mol. The lowest BCUT2D eigenvalue weighted by Crippen LogP contribution is -2.48. The standard InChI is InChI=1S/C14H32N4O2S/c1-13(2)15-12-14-6-8-18(9-7-14)21(19,20)17(5)11-10-16(3)4/h13-15H,6-12H2,1-5H3.